The fraction of sp³-hybridized carbons (Fsp3) is 0.467. The van der Waals surface area contributed by atoms with Gasteiger partial charge in [-0.2, -0.15) is 0 Å². The highest BCUT2D eigenvalue weighted by Crippen LogP contribution is 2.06. The van der Waals surface area contributed by atoms with Gasteiger partial charge in [0.05, 0.1) is 0 Å². The molecular weight excluding hydrogens is 212 g/mol. The number of hydrogen-bond acceptors (Lipinski definition) is 2. The Morgan fingerprint density at radius 3 is 2.12 bits per heavy atom. The van der Waals surface area contributed by atoms with Crippen LogP contribution < -0.4 is 0 Å². The van der Waals surface area contributed by atoms with Crippen molar-refractivity contribution in [3.63, 3.8) is 0 Å². The van der Waals surface area contributed by atoms with Crippen LogP contribution in [0.2, 0.25) is 0 Å². The van der Waals surface area contributed by atoms with E-state index in [2.05, 4.69) is 26.0 Å². The SMILES string of the molecule is CCCOC(/C=C/c1ccccc1)OCCC. The molecule has 0 aromatic heterocycles. The van der Waals surface area contributed by atoms with Crippen molar-refractivity contribution in [2.24, 2.45) is 0 Å². The van der Waals surface area contributed by atoms with Crippen molar-refractivity contribution >= 4 is 6.08 Å². The summed E-state index contributed by atoms with van der Waals surface area (Å²) in [6.45, 7) is 5.65. The number of ether oxygens (including phenoxy) is 2. The molecule has 1 rings (SSSR count). The van der Waals surface area contributed by atoms with Gasteiger partial charge in [0.1, 0.15) is 0 Å². The predicted molar refractivity (Wildman–Crippen MR) is 71.8 cm³/mol. The lowest BCUT2D eigenvalue weighted by Crippen LogP contribution is -2.15. The van der Waals surface area contributed by atoms with E-state index in [0.29, 0.717) is 0 Å². The molecule has 2 nitrogen and oxygen atoms in total. The summed E-state index contributed by atoms with van der Waals surface area (Å²) in [5.74, 6) is 0. The lowest BCUT2D eigenvalue weighted by atomic mass is 10.2. The fourth-order valence-corrected chi connectivity index (χ4v) is 1.38. The van der Waals surface area contributed by atoms with Crippen molar-refractivity contribution in [1.82, 2.24) is 0 Å². The van der Waals surface area contributed by atoms with Gasteiger partial charge < -0.3 is 9.47 Å². The second kappa shape index (κ2) is 8.97. The van der Waals surface area contributed by atoms with Crippen molar-refractivity contribution in [2.45, 2.75) is 33.0 Å². The third-order valence-corrected chi connectivity index (χ3v) is 2.22. The number of hydrogen-bond donors (Lipinski definition) is 0. The molecule has 0 saturated carbocycles. The van der Waals surface area contributed by atoms with E-state index in [0.717, 1.165) is 31.6 Å². The molecule has 0 bridgehead atoms. The first kappa shape index (κ1) is 13.9. The van der Waals surface area contributed by atoms with Crippen LogP contribution in [0.4, 0.5) is 0 Å². The van der Waals surface area contributed by atoms with Crippen molar-refractivity contribution in [1.29, 1.82) is 0 Å². The summed E-state index contributed by atoms with van der Waals surface area (Å²) in [7, 11) is 0. The highest BCUT2D eigenvalue weighted by molar-refractivity contribution is 5.48. The maximum Gasteiger partial charge on any atom is 0.177 e. The van der Waals surface area contributed by atoms with Crippen LogP contribution in [-0.2, 0) is 9.47 Å². The normalized spacial score (nSPS) is 11.5. The molecule has 0 amide bonds. The first-order valence-electron chi connectivity index (χ1n) is 6.33. The number of rotatable bonds is 8. The van der Waals surface area contributed by atoms with Gasteiger partial charge in [-0.1, -0.05) is 50.3 Å². The Balaban J connectivity index is 2.49. The van der Waals surface area contributed by atoms with Gasteiger partial charge in [-0.15, -0.1) is 0 Å². The quantitative estimate of drug-likeness (QED) is 0.635. The van der Waals surface area contributed by atoms with Crippen LogP contribution in [0.1, 0.15) is 32.3 Å². The Kier molecular flexibility index (Phi) is 7.35. The minimum Gasteiger partial charge on any atom is -0.349 e. The topological polar surface area (TPSA) is 18.5 Å². The minimum atomic E-state index is -0.227. The Morgan fingerprint density at radius 2 is 1.59 bits per heavy atom. The van der Waals surface area contributed by atoms with Crippen LogP contribution in [0.15, 0.2) is 36.4 Å². The highest BCUT2D eigenvalue weighted by Gasteiger charge is 2.03. The van der Waals surface area contributed by atoms with Crippen LogP contribution in [0, 0.1) is 0 Å². The summed E-state index contributed by atoms with van der Waals surface area (Å²) in [5.41, 5.74) is 1.16. The Morgan fingerprint density at radius 1 is 1.00 bits per heavy atom. The molecule has 0 saturated heterocycles. The zero-order valence-corrected chi connectivity index (χ0v) is 10.8. The minimum absolute atomic E-state index is 0.227. The van der Waals surface area contributed by atoms with E-state index in [1.807, 2.05) is 30.4 Å². The van der Waals surface area contributed by atoms with Gasteiger partial charge in [0.2, 0.25) is 0 Å². The summed E-state index contributed by atoms with van der Waals surface area (Å²) in [6, 6.07) is 10.2. The first-order valence-corrected chi connectivity index (χ1v) is 6.33. The smallest absolute Gasteiger partial charge is 0.177 e. The predicted octanol–water partition coefficient (Wildman–Crippen LogP) is 3.88. The van der Waals surface area contributed by atoms with E-state index in [1.165, 1.54) is 0 Å². The average Bonchev–Trinajstić information content (AvgIpc) is 2.39. The summed E-state index contributed by atoms with van der Waals surface area (Å²) in [5, 5.41) is 0. The van der Waals surface area contributed by atoms with Crippen molar-refractivity contribution in [3.05, 3.63) is 42.0 Å². The van der Waals surface area contributed by atoms with Crippen LogP contribution in [-0.4, -0.2) is 19.5 Å². The molecule has 0 N–H and O–H groups in total. The zero-order chi connectivity index (χ0) is 12.3. The van der Waals surface area contributed by atoms with Crippen molar-refractivity contribution in [2.75, 3.05) is 13.2 Å². The molecule has 0 aliphatic heterocycles. The molecule has 0 spiro atoms. The largest absolute Gasteiger partial charge is 0.349 e. The van der Waals surface area contributed by atoms with E-state index in [9.17, 15) is 0 Å². The van der Waals surface area contributed by atoms with E-state index >= 15 is 0 Å². The molecule has 94 valence electrons. The summed E-state index contributed by atoms with van der Waals surface area (Å²) in [4.78, 5) is 0. The highest BCUT2D eigenvalue weighted by atomic mass is 16.7. The molecule has 0 aliphatic carbocycles. The molecule has 17 heavy (non-hydrogen) atoms. The second-order valence-electron chi connectivity index (χ2n) is 3.88. The molecule has 0 fully saturated rings. The molecule has 2 heteroatoms. The maximum atomic E-state index is 5.61. The van der Waals surface area contributed by atoms with Gasteiger partial charge in [0, 0.05) is 13.2 Å². The van der Waals surface area contributed by atoms with E-state index in [1.54, 1.807) is 0 Å². The summed E-state index contributed by atoms with van der Waals surface area (Å²) >= 11 is 0. The fourth-order valence-electron chi connectivity index (χ4n) is 1.38. The lowest BCUT2D eigenvalue weighted by molar-refractivity contribution is -0.110. The Bertz CT molecular complexity index is 298. The van der Waals surface area contributed by atoms with Gasteiger partial charge >= 0.3 is 0 Å². The monoisotopic (exact) mass is 234 g/mol. The summed E-state index contributed by atoms with van der Waals surface area (Å²) in [6.07, 6.45) is 5.79. The van der Waals surface area contributed by atoms with Gasteiger partial charge in [0.15, 0.2) is 6.29 Å². The standard InChI is InChI=1S/C15H22O2/c1-3-12-16-15(17-13-4-2)11-10-14-8-6-5-7-9-14/h5-11,15H,3-4,12-13H2,1-2H3/b11-10+. The van der Waals surface area contributed by atoms with Crippen LogP contribution in [0.5, 0.6) is 0 Å². The zero-order valence-electron chi connectivity index (χ0n) is 10.8. The van der Waals surface area contributed by atoms with Crippen LogP contribution in [0.25, 0.3) is 6.08 Å². The lowest BCUT2D eigenvalue weighted by Gasteiger charge is -2.14. The van der Waals surface area contributed by atoms with Crippen molar-refractivity contribution in [3.8, 4) is 0 Å². The number of benzene rings is 1. The molecule has 0 radical (unpaired) electrons. The molecular formula is C15H22O2. The maximum absolute atomic E-state index is 5.61. The van der Waals surface area contributed by atoms with Crippen LogP contribution in [0.3, 0.4) is 0 Å². The van der Waals surface area contributed by atoms with Crippen LogP contribution >= 0.6 is 0 Å². The molecule has 0 aliphatic rings. The van der Waals surface area contributed by atoms with Gasteiger partial charge in [-0.05, 0) is 24.5 Å². The molecule has 0 heterocycles. The Hall–Kier alpha value is -1.12. The first-order chi connectivity index (χ1) is 8.36. The molecule has 0 unspecified atom stereocenters. The average molecular weight is 234 g/mol. The second-order valence-corrected chi connectivity index (χ2v) is 3.88. The van der Waals surface area contributed by atoms with E-state index < -0.39 is 0 Å². The van der Waals surface area contributed by atoms with Gasteiger partial charge in [-0.25, -0.2) is 0 Å². The Labute approximate surface area is 104 Å². The molecule has 0 atom stereocenters. The van der Waals surface area contributed by atoms with E-state index in [4.69, 9.17) is 9.47 Å². The summed E-state index contributed by atoms with van der Waals surface area (Å²) < 4.78 is 11.2. The van der Waals surface area contributed by atoms with E-state index in [-0.39, 0.29) is 6.29 Å². The molecule has 1 aromatic rings. The van der Waals surface area contributed by atoms with Crippen molar-refractivity contribution < 1.29 is 9.47 Å². The van der Waals surface area contributed by atoms with Gasteiger partial charge in [0.25, 0.3) is 0 Å². The molecule has 1 aromatic carbocycles. The third kappa shape index (κ3) is 6.25. The third-order valence-electron chi connectivity index (χ3n) is 2.22. The van der Waals surface area contributed by atoms with Gasteiger partial charge in [-0.3, -0.25) is 0 Å².